The number of hydrogen-bond acceptors (Lipinski definition) is 3. The van der Waals surface area contributed by atoms with Crippen molar-refractivity contribution in [3.8, 4) is 0 Å². The lowest BCUT2D eigenvalue weighted by Crippen LogP contribution is -2.14. The highest BCUT2D eigenvalue weighted by Gasteiger charge is 2.20. The van der Waals surface area contributed by atoms with Crippen LogP contribution in [0.1, 0.15) is 34.5 Å². The minimum absolute atomic E-state index is 0.144. The van der Waals surface area contributed by atoms with E-state index < -0.39 is 12.1 Å². The third-order valence-corrected chi connectivity index (χ3v) is 3.14. The first-order chi connectivity index (χ1) is 10.6. The number of esters is 1. The Morgan fingerprint density at radius 1 is 1.09 bits per heavy atom. The summed E-state index contributed by atoms with van der Waals surface area (Å²) >= 11 is 0. The van der Waals surface area contributed by atoms with Crippen LogP contribution in [0, 0.1) is 0 Å². The van der Waals surface area contributed by atoms with Gasteiger partial charge in [0.15, 0.2) is 5.78 Å². The van der Waals surface area contributed by atoms with E-state index in [1.807, 2.05) is 6.07 Å². The lowest BCUT2D eigenvalue weighted by molar-refractivity contribution is -0.143. The first-order valence-electron chi connectivity index (χ1n) is 6.70. The molecule has 0 bridgehead atoms. The third-order valence-electron chi connectivity index (χ3n) is 3.14. The number of ether oxygens (including phenoxy) is 1. The van der Waals surface area contributed by atoms with Gasteiger partial charge >= 0.3 is 12.2 Å². The Morgan fingerprint density at radius 3 is 2.41 bits per heavy atom. The molecular weight excluding hydrogens is 280 g/mol. The van der Waals surface area contributed by atoms with Crippen LogP contribution in [0.25, 0.3) is 5.53 Å². The second-order valence-corrected chi connectivity index (χ2v) is 4.61. The zero-order valence-corrected chi connectivity index (χ0v) is 12.0. The highest BCUT2D eigenvalue weighted by molar-refractivity contribution is 6.20. The average molecular weight is 294 g/mol. The summed E-state index contributed by atoms with van der Waals surface area (Å²) in [7, 11) is 0. The zero-order valence-electron chi connectivity index (χ0n) is 12.0. The van der Waals surface area contributed by atoms with E-state index in [4.69, 9.17) is 10.3 Å². The first kappa shape index (κ1) is 15.4. The van der Waals surface area contributed by atoms with Gasteiger partial charge in [-0.15, -0.1) is 0 Å². The Balaban J connectivity index is 2.32. The van der Waals surface area contributed by atoms with Crippen LogP contribution in [0.4, 0.5) is 0 Å². The summed E-state index contributed by atoms with van der Waals surface area (Å²) in [5, 5.41) is 0. The molecule has 2 aromatic carbocycles. The second-order valence-electron chi connectivity index (χ2n) is 4.61. The molecular formula is C17H14N2O3. The molecule has 2 rings (SSSR count). The van der Waals surface area contributed by atoms with Crippen molar-refractivity contribution in [3.05, 3.63) is 76.8 Å². The highest BCUT2D eigenvalue weighted by Crippen LogP contribution is 2.23. The maximum atomic E-state index is 12.6. The van der Waals surface area contributed by atoms with Crippen molar-refractivity contribution in [1.29, 1.82) is 0 Å². The summed E-state index contributed by atoms with van der Waals surface area (Å²) in [4.78, 5) is 26.6. The summed E-state index contributed by atoms with van der Waals surface area (Å²) < 4.78 is 5.10. The molecule has 5 nitrogen and oxygen atoms in total. The average Bonchev–Trinajstić information content (AvgIpc) is 2.55. The first-order valence-corrected chi connectivity index (χ1v) is 6.70. The third kappa shape index (κ3) is 3.53. The van der Waals surface area contributed by atoms with E-state index in [0.717, 1.165) is 0 Å². The fourth-order valence-electron chi connectivity index (χ4n) is 2.12. The molecule has 5 heteroatoms. The molecule has 0 saturated heterocycles. The van der Waals surface area contributed by atoms with Gasteiger partial charge < -0.3 is 10.3 Å². The van der Waals surface area contributed by atoms with Gasteiger partial charge in [-0.1, -0.05) is 54.6 Å². The van der Waals surface area contributed by atoms with Crippen LogP contribution in [0.3, 0.4) is 0 Å². The molecule has 0 N–H and O–H groups in total. The van der Waals surface area contributed by atoms with Crippen molar-refractivity contribution in [3.63, 3.8) is 0 Å². The molecule has 0 saturated carbocycles. The number of carbonyl (C=O) groups excluding carboxylic acids is 2. The maximum absolute atomic E-state index is 12.6. The van der Waals surface area contributed by atoms with Gasteiger partial charge in [-0.05, 0) is 6.92 Å². The smallest absolute Gasteiger partial charge is 0.414 e. The quantitative estimate of drug-likeness (QED) is 0.279. The van der Waals surface area contributed by atoms with Crippen molar-refractivity contribution in [2.75, 3.05) is 0 Å². The highest BCUT2D eigenvalue weighted by atomic mass is 16.5. The molecule has 0 aromatic heterocycles. The number of benzene rings is 2. The Kier molecular flexibility index (Phi) is 4.96. The monoisotopic (exact) mass is 294 g/mol. The second kappa shape index (κ2) is 7.11. The Morgan fingerprint density at radius 2 is 1.73 bits per heavy atom. The minimum Gasteiger partial charge on any atom is -0.449 e. The van der Waals surface area contributed by atoms with Crippen molar-refractivity contribution < 1.29 is 19.1 Å². The summed E-state index contributed by atoms with van der Waals surface area (Å²) in [5.41, 5.74) is 9.95. The van der Waals surface area contributed by atoms with E-state index in [-0.39, 0.29) is 5.78 Å². The van der Waals surface area contributed by atoms with E-state index >= 15 is 0 Å². The molecule has 2 aromatic rings. The standard InChI is InChI=1S/C17H14N2O3/c1-12(22-16(20)11-19-18)14-9-5-6-10-15(14)17(21)13-7-3-2-4-8-13/h2-12H,1H3. The molecule has 1 unspecified atom stereocenters. The number of hydrogen-bond donors (Lipinski definition) is 0. The van der Waals surface area contributed by atoms with Crippen LogP contribution in [-0.4, -0.2) is 22.8 Å². The Hall–Kier alpha value is -3.04. The number of rotatable bonds is 5. The molecule has 0 aliphatic heterocycles. The fourth-order valence-corrected chi connectivity index (χ4v) is 2.12. The van der Waals surface area contributed by atoms with Gasteiger partial charge in [0.25, 0.3) is 0 Å². The van der Waals surface area contributed by atoms with Crippen molar-refractivity contribution in [2.45, 2.75) is 13.0 Å². The predicted molar refractivity (Wildman–Crippen MR) is 80.5 cm³/mol. The molecule has 0 radical (unpaired) electrons. The molecule has 22 heavy (non-hydrogen) atoms. The van der Waals surface area contributed by atoms with E-state index in [0.29, 0.717) is 22.9 Å². The molecule has 0 aliphatic carbocycles. The lowest BCUT2D eigenvalue weighted by atomic mass is 9.96. The van der Waals surface area contributed by atoms with Crippen LogP contribution in [0.5, 0.6) is 0 Å². The molecule has 0 aliphatic rings. The SMILES string of the molecule is CC(OC(=O)C=[N+]=[N-])c1ccccc1C(=O)c1ccccc1. The van der Waals surface area contributed by atoms with Crippen LogP contribution < -0.4 is 0 Å². The van der Waals surface area contributed by atoms with Gasteiger partial charge in [-0.2, -0.15) is 4.79 Å². The molecule has 0 fully saturated rings. The number of nitrogens with zero attached hydrogens (tertiary/aromatic N) is 2. The zero-order chi connectivity index (χ0) is 15.9. The van der Waals surface area contributed by atoms with Crippen LogP contribution >= 0.6 is 0 Å². The van der Waals surface area contributed by atoms with Gasteiger partial charge in [-0.3, -0.25) is 4.79 Å². The van der Waals surface area contributed by atoms with Gasteiger partial charge in [0.1, 0.15) is 6.10 Å². The van der Waals surface area contributed by atoms with Crippen molar-refractivity contribution in [1.82, 2.24) is 0 Å². The van der Waals surface area contributed by atoms with Crippen LogP contribution in [-0.2, 0) is 9.53 Å². The Bertz CT molecular complexity index is 735. The van der Waals surface area contributed by atoms with Crippen molar-refractivity contribution in [2.24, 2.45) is 0 Å². The lowest BCUT2D eigenvalue weighted by Gasteiger charge is -2.15. The summed E-state index contributed by atoms with van der Waals surface area (Å²) in [6.45, 7) is 1.65. The Labute approximate surface area is 127 Å². The van der Waals surface area contributed by atoms with Crippen LogP contribution in [0.2, 0.25) is 0 Å². The topological polar surface area (TPSA) is 79.8 Å². The van der Waals surface area contributed by atoms with Gasteiger partial charge in [-0.25, -0.2) is 4.79 Å². The van der Waals surface area contributed by atoms with Crippen molar-refractivity contribution >= 4 is 18.0 Å². The molecule has 110 valence electrons. The molecule has 1 atom stereocenters. The fraction of sp³-hybridized carbons (Fsp3) is 0.118. The van der Waals surface area contributed by atoms with Crippen LogP contribution in [0.15, 0.2) is 54.6 Å². The maximum Gasteiger partial charge on any atom is 0.414 e. The van der Waals surface area contributed by atoms with E-state index in [1.54, 1.807) is 55.5 Å². The van der Waals surface area contributed by atoms with E-state index in [1.165, 1.54) is 0 Å². The minimum atomic E-state index is -0.781. The largest absolute Gasteiger partial charge is 0.449 e. The summed E-state index contributed by atoms with van der Waals surface area (Å²) in [6, 6.07) is 15.8. The van der Waals surface area contributed by atoms with E-state index in [2.05, 4.69) is 4.79 Å². The predicted octanol–water partition coefficient (Wildman–Crippen LogP) is 2.82. The van der Waals surface area contributed by atoms with Gasteiger partial charge in [0, 0.05) is 16.7 Å². The number of ketones is 1. The molecule has 0 spiro atoms. The van der Waals surface area contributed by atoms with Gasteiger partial charge in [0.05, 0.1) is 0 Å². The normalized spacial score (nSPS) is 11.1. The number of carbonyl (C=O) groups is 2. The summed E-state index contributed by atoms with van der Waals surface area (Å²) in [6.07, 6.45) is 0.0207. The van der Waals surface area contributed by atoms with E-state index in [9.17, 15) is 9.59 Å². The molecule has 0 heterocycles. The summed E-state index contributed by atoms with van der Waals surface area (Å²) in [5.74, 6) is -0.924. The van der Waals surface area contributed by atoms with Gasteiger partial charge in [0.2, 0.25) is 0 Å². The molecule has 0 amide bonds.